The summed E-state index contributed by atoms with van der Waals surface area (Å²) >= 11 is 0. The molecule has 0 radical (unpaired) electrons. The first kappa shape index (κ1) is 9.88. The number of methoxy groups -OCH3 is 1. The minimum atomic E-state index is -1.46. The summed E-state index contributed by atoms with van der Waals surface area (Å²) in [5, 5.41) is 27.7. The predicted octanol–water partition coefficient (Wildman–Crippen LogP) is -1.54. The molecular weight excluding hydrogens is 164 g/mol. The zero-order valence-electron chi connectivity index (χ0n) is 7.10. The van der Waals surface area contributed by atoms with Crippen LogP contribution in [0.3, 0.4) is 0 Å². The fraction of sp³-hybridized carbons (Fsp3) is 1.00. The topological polar surface area (TPSA) is 79.2 Å². The van der Waals surface area contributed by atoms with Gasteiger partial charge >= 0.3 is 0 Å². The number of hydrogen-bond donors (Lipinski definition) is 3. The van der Waals surface area contributed by atoms with Crippen LogP contribution in [0.5, 0.6) is 0 Å². The van der Waals surface area contributed by atoms with Crippen LogP contribution in [-0.4, -0.2) is 53.1 Å². The molecule has 0 spiro atoms. The summed E-state index contributed by atoms with van der Waals surface area (Å²) in [5.41, 5.74) is -1.46. The first-order valence-electron chi connectivity index (χ1n) is 3.73. The third-order valence-electron chi connectivity index (χ3n) is 2.12. The Morgan fingerprint density at radius 3 is 2.42 bits per heavy atom. The second-order valence-electron chi connectivity index (χ2n) is 3.10. The van der Waals surface area contributed by atoms with Gasteiger partial charge < -0.3 is 24.8 Å². The summed E-state index contributed by atoms with van der Waals surface area (Å²) in [7, 11) is 1.37. The van der Waals surface area contributed by atoms with Crippen LogP contribution in [0.15, 0.2) is 0 Å². The van der Waals surface area contributed by atoms with Gasteiger partial charge in [-0.05, 0) is 6.92 Å². The molecule has 1 rings (SSSR count). The highest BCUT2D eigenvalue weighted by Crippen LogP contribution is 2.30. The Hall–Kier alpha value is -0.200. The molecule has 0 aliphatic carbocycles. The number of aliphatic hydroxyl groups is 3. The normalized spacial score (nSPS) is 48.2. The van der Waals surface area contributed by atoms with Gasteiger partial charge in [0.15, 0.2) is 6.29 Å². The summed E-state index contributed by atoms with van der Waals surface area (Å²) < 4.78 is 9.80. The van der Waals surface area contributed by atoms with Crippen LogP contribution in [0.1, 0.15) is 6.92 Å². The molecule has 0 aromatic rings. The molecule has 72 valence electrons. The van der Waals surface area contributed by atoms with Crippen molar-refractivity contribution in [2.24, 2.45) is 0 Å². The predicted molar refractivity (Wildman–Crippen MR) is 39.4 cm³/mol. The van der Waals surface area contributed by atoms with E-state index in [2.05, 4.69) is 0 Å². The van der Waals surface area contributed by atoms with Crippen LogP contribution in [0.4, 0.5) is 0 Å². The molecule has 0 amide bonds. The van der Waals surface area contributed by atoms with Crippen molar-refractivity contribution < 1.29 is 24.8 Å². The Kier molecular flexibility index (Phi) is 2.70. The molecule has 0 saturated carbocycles. The van der Waals surface area contributed by atoms with Gasteiger partial charge in [0.05, 0.1) is 6.61 Å². The molecule has 4 atom stereocenters. The van der Waals surface area contributed by atoms with E-state index in [9.17, 15) is 10.2 Å². The van der Waals surface area contributed by atoms with Crippen molar-refractivity contribution in [3.05, 3.63) is 0 Å². The van der Waals surface area contributed by atoms with Crippen LogP contribution >= 0.6 is 0 Å². The third-order valence-corrected chi connectivity index (χ3v) is 2.12. The van der Waals surface area contributed by atoms with Gasteiger partial charge in [0.1, 0.15) is 17.8 Å². The first-order valence-corrected chi connectivity index (χ1v) is 3.73. The fourth-order valence-electron chi connectivity index (χ4n) is 1.32. The number of ether oxygens (including phenoxy) is 2. The molecule has 4 unspecified atom stereocenters. The summed E-state index contributed by atoms with van der Waals surface area (Å²) in [4.78, 5) is 0. The highest BCUT2D eigenvalue weighted by molar-refractivity contribution is 4.96. The minimum absolute atomic E-state index is 0.336. The van der Waals surface area contributed by atoms with E-state index in [0.29, 0.717) is 0 Å². The zero-order valence-corrected chi connectivity index (χ0v) is 7.10. The Bertz CT molecular complexity index is 154. The molecule has 1 fully saturated rings. The smallest absolute Gasteiger partial charge is 0.188 e. The van der Waals surface area contributed by atoms with Crippen LogP contribution in [0.2, 0.25) is 0 Å². The van der Waals surface area contributed by atoms with Crippen LogP contribution in [0.25, 0.3) is 0 Å². The SMILES string of the molecule is COC1OC(CO)C(O)C1(C)O. The maximum atomic E-state index is 9.61. The van der Waals surface area contributed by atoms with Crippen molar-refractivity contribution in [2.45, 2.75) is 31.0 Å². The first-order chi connectivity index (χ1) is 5.54. The lowest BCUT2D eigenvalue weighted by molar-refractivity contribution is -0.186. The van der Waals surface area contributed by atoms with Crippen LogP contribution < -0.4 is 0 Å². The lowest BCUT2D eigenvalue weighted by Crippen LogP contribution is -2.46. The molecule has 1 heterocycles. The van der Waals surface area contributed by atoms with Gasteiger partial charge in [-0.25, -0.2) is 0 Å². The highest BCUT2D eigenvalue weighted by Gasteiger charge is 2.52. The Morgan fingerprint density at radius 1 is 1.58 bits per heavy atom. The third kappa shape index (κ3) is 1.34. The van der Waals surface area contributed by atoms with E-state index in [-0.39, 0.29) is 6.61 Å². The number of aliphatic hydroxyl groups excluding tert-OH is 2. The molecule has 1 aliphatic rings. The van der Waals surface area contributed by atoms with E-state index in [1.807, 2.05) is 0 Å². The number of rotatable bonds is 2. The van der Waals surface area contributed by atoms with Crippen molar-refractivity contribution in [3.63, 3.8) is 0 Å². The van der Waals surface area contributed by atoms with Crippen molar-refractivity contribution in [1.82, 2.24) is 0 Å². The Balaban J connectivity index is 2.73. The summed E-state index contributed by atoms with van der Waals surface area (Å²) in [5.74, 6) is 0. The van der Waals surface area contributed by atoms with Crippen molar-refractivity contribution in [2.75, 3.05) is 13.7 Å². The lowest BCUT2D eigenvalue weighted by atomic mass is 9.98. The molecule has 3 N–H and O–H groups in total. The monoisotopic (exact) mass is 178 g/mol. The van der Waals surface area contributed by atoms with Crippen molar-refractivity contribution in [1.29, 1.82) is 0 Å². The van der Waals surface area contributed by atoms with Crippen molar-refractivity contribution >= 4 is 0 Å². The maximum Gasteiger partial charge on any atom is 0.188 e. The van der Waals surface area contributed by atoms with Gasteiger partial charge in [0, 0.05) is 7.11 Å². The van der Waals surface area contributed by atoms with Gasteiger partial charge in [-0.1, -0.05) is 0 Å². The van der Waals surface area contributed by atoms with Crippen LogP contribution in [0, 0.1) is 0 Å². The van der Waals surface area contributed by atoms with E-state index >= 15 is 0 Å². The quantitative estimate of drug-likeness (QED) is 0.477. The van der Waals surface area contributed by atoms with E-state index in [0.717, 1.165) is 0 Å². The summed E-state index contributed by atoms with van der Waals surface area (Å²) in [6.45, 7) is 1.07. The Morgan fingerprint density at radius 2 is 2.17 bits per heavy atom. The molecular formula is C7H14O5. The average molecular weight is 178 g/mol. The largest absolute Gasteiger partial charge is 0.394 e. The van der Waals surface area contributed by atoms with Gasteiger partial charge in [0.25, 0.3) is 0 Å². The summed E-state index contributed by atoms with van der Waals surface area (Å²) in [6, 6.07) is 0. The second kappa shape index (κ2) is 3.27. The molecule has 1 aliphatic heterocycles. The molecule has 5 nitrogen and oxygen atoms in total. The number of hydrogen-bond acceptors (Lipinski definition) is 5. The van der Waals surface area contributed by atoms with E-state index in [1.54, 1.807) is 0 Å². The maximum absolute atomic E-state index is 9.61. The molecule has 0 aromatic heterocycles. The van der Waals surface area contributed by atoms with E-state index in [1.165, 1.54) is 14.0 Å². The molecule has 12 heavy (non-hydrogen) atoms. The van der Waals surface area contributed by atoms with Gasteiger partial charge in [-0.15, -0.1) is 0 Å². The van der Waals surface area contributed by atoms with Gasteiger partial charge in [-0.2, -0.15) is 0 Å². The molecule has 5 heteroatoms. The second-order valence-corrected chi connectivity index (χ2v) is 3.10. The van der Waals surface area contributed by atoms with Gasteiger partial charge in [-0.3, -0.25) is 0 Å². The molecule has 0 aromatic carbocycles. The molecule has 1 saturated heterocycles. The van der Waals surface area contributed by atoms with Crippen LogP contribution in [-0.2, 0) is 9.47 Å². The summed E-state index contributed by atoms with van der Waals surface area (Å²) in [6.07, 6.45) is -2.78. The zero-order chi connectivity index (χ0) is 9.35. The lowest BCUT2D eigenvalue weighted by Gasteiger charge is -2.24. The average Bonchev–Trinajstić information content (AvgIpc) is 2.25. The van der Waals surface area contributed by atoms with E-state index < -0.39 is 24.1 Å². The fourth-order valence-corrected chi connectivity index (χ4v) is 1.32. The highest BCUT2D eigenvalue weighted by atomic mass is 16.7. The van der Waals surface area contributed by atoms with Crippen molar-refractivity contribution in [3.8, 4) is 0 Å². The van der Waals surface area contributed by atoms with E-state index in [4.69, 9.17) is 14.6 Å². The van der Waals surface area contributed by atoms with Gasteiger partial charge in [0.2, 0.25) is 0 Å². The minimum Gasteiger partial charge on any atom is -0.394 e. The Labute approximate surface area is 70.5 Å². The standard InChI is InChI=1S/C7H14O5/c1-7(10)5(9)4(3-8)12-6(7)11-2/h4-6,8-10H,3H2,1-2H3. The molecule has 0 bridgehead atoms.